The first-order valence-electron chi connectivity index (χ1n) is 5.73. The molecule has 15 heavy (non-hydrogen) atoms. The lowest BCUT2D eigenvalue weighted by Crippen LogP contribution is -2.48. The number of aliphatic hydroxyl groups excluding tert-OH is 1. The summed E-state index contributed by atoms with van der Waals surface area (Å²) in [6.07, 6.45) is 1.78. The predicted molar refractivity (Wildman–Crippen MR) is 61.4 cm³/mol. The molecule has 0 aliphatic heterocycles. The Morgan fingerprint density at radius 2 is 2.00 bits per heavy atom. The third-order valence-corrected chi connectivity index (χ3v) is 2.72. The molecule has 0 saturated carbocycles. The lowest BCUT2D eigenvalue weighted by molar-refractivity contribution is -0.134. The highest BCUT2D eigenvalue weighted by Gasteiger charge is 2.23. The van der Waals surface area contributed by atoms with Crippen LogP contribution in [0.5, 0.6) is 0 Å². The molecule has 0 bridgehead atoms. The second kappa shape index (κ2) is 7.65. The minimum absolute atomic E-state index is 0.00103. The van der Waals surface area contributed by atoms with E-state index in [-0.39, 0.29) is 18.4 Å². The van der Waals surface area contributed by atoms with Crippen LogP contribution < -0.4 is 5.73 Å². The Bertz CT molecular complexity index is 179. The summed E-state index contributed by atoms with van der Waals surface area (Å²) in [7, 11) is 0. The molecule has 1 amide bonds. The average Bonchev–Trinajstić information content (AvgIpc) is 2.25. The van der Waals surface area contributed by atoms with Crippen molar-refractivity contribution >= 4 is 5.91 Å². The molecule has 0 rings (SSSR count). The Hall–Kier alpha value is -0.610. The van der Waals surface area contributed by atoms with Crippen molar-refractivity contribution in [3.05, 3.63) is 0 Å². The van der Waals surface area contributed by atoms with Gasteiger partial charge < -0.3 is 15.7 Å². The summed E-state index contributed by atoms with van der Waals surface area (Å²) in [5.41, 5.74) is 5.86. The highest BCUT2D eigenvalue weighted by molar-refractivity contribution is 5.81. The van der Waals surface area contributed by atoms with E-state index < -0.39 is 6.04 Å². The van der Waals surface area contributed by atoms with Crippen molar-refractivity contribution in [2.24, 2.45) is 11.7 Å². The number of hydrogen-bond donors (Lipinski definition) is 2. The summed E-state index contributed by atoms with van der Waals surface area (Å²) in [4.78, 5) is 13.6. The van der Waals surface area contributed by atoms with Crippen molar-refractivity contribution in [1.29, 1.82) is 0 Å². The van der Waals surface area contributed by atoms with Gasteiger partial charge in [-0.3, -0.25) is 4.79 Å². The molecule has 0 aliphatic rings. The second-order valence-corrected chi connectivity index (χ2v) is 3.96. The molecule has 3 N–H and O–H groups in total. The molecule has 4 nitrogen and oxygen atoms in total. The molecule has 0 spiro atoms. The van der Waals surface area contributed by atoms with Crippen LogP contribution in [0.15, 0.2) is 0 Å². The van der Waals surface area contributed by atoms with E-state index in [0.717, 1.165) is 12.8 Å². The summed E-state index contributed by atoms with van der Waals surface area (Å²) in [5.74, 6) is 0.149. The van der Waals surface area contributed by atoms with E-state index >= 15 is 0 Å². The molecule has 0 aromatic heterocycles. The Morgan fingerprint density at radius 1 is 1.40 bits per heavy atom. The first-order valence-corrected chi connectivity index (χ1v) is 5.73. The van der Waals surface area contributed by atoms with Crippen LogP contribution in [0.25, 0.3) is 0 Å². The van der Waals surface area contributed by atoms with E-state index in [1.165, 1.54) is 0 Å². The lowest BCUT2D eigenvalue weighted by Gasteiger charge is -2.27. The maximum absolute atomic E-state index is 11.9. The number of aliphatic hydroxyl groups is 1. The number of rotatable bonds is 7. The minimum Gasteiger partial charge on any atom is -0.395 e. The molecule has 0 heterocycles. The number of nitrogens with two attached hydrogens (primary N) is 1. The Kier molecular flexibility index (Phi) is 7.34. The van der Waals surface area contributed by atoms with E-state index in [1.54, 1.807) is 4.90 Å². The number of hydrogen-bond acceptors (Lipinski definition) is 3. The second-order valence-electron chi connectivity index (χ2n) is 3.96. The molecular weight excluding hydrogens is 192 g/mol. The Morgan fingerprint density at radius 3 is 2.40 bits per heavy atom. The van der Waals surface area contributed by atoms with Crippen LogP contribution in [0.3, 0.4) is 0 Å². The molecule has 0 fully saturated rings. The largest absolute Gasteiger partial charge is 0.395 e. The van der Waals surface area contributed by atoms with Crippen LogP contribution in [0.4, 0.5) is 0 Å². The molecule has 0 aliphatic carbocycles. The number of amides is 1. The predicted octanol–water partition coefficient (Wildman–Crippen LogP) is 0.591. The molecule has 0 aromatic carbocycles. The molecular formula is C11H24N2O2. The van der Waals surface area contributed by atoms with Crippen LogP contribution in [-0.2, 0) is 4.79 Å². The first kappa shape index (κ1) is 14.4. The van der Waals surface area contributed by atoms with Gasteiger partial charge in [0.15, 0.2) is 0 Å². The van der Waals surface area contributed by atoms with Gasteiger partial charge in [0.25, 0.3) is 0 Å². The molecule has 0 saturated heterocycles. The standard InChI is InChI=1S/C11H24N2O2/c1-4-6-13(7-8-14)11(15)10(12)9(3)5-2/h9-10,14H,4-8,12H2,1-3H3. The normalized spacial score (nSPS) is 14.7. The van der Waals surface area contributed by atoms with Gasteiger partial charge in [-0.05, 0) is 12.3 Å². The Labute approximate surface area is 92.4 Å². The maximum atomic E-state index is 11.9. The zero-order valence-electron chi connectivity index (χ0n) is 10.1. The highest BCUT2D eigenvalue weighted by Crippen LogP contribution is 2.08. The van der Waals surface area contributed by atoms with E-state index in [9.17, 15) is 4.79 Å². The topological polar surface area (TPSA) is 66.6 Å². The van der Waals surface area contributed by atoms with Crippen LogP contribution in [0.1, 0.15) is 33.6 Å². The number of nitrogens with zero attached hydrogens (tertiary/aromatic N) is 1. The van der Waals surface area contributed by atoms with Crippen LogP contribution in [0.2, 0.25) is 0 Å². The van der Waals surface area contributed by atoms with E-state index in [2.05, 4.69) is 0 Å². The number of carbonyl (C=O) groups excluding carboxylic acids is 1. The van der Waals surface area contributed by atoms with Gasteiger partial charge in [0, 0.05) is 13.1 Å². The van der Waals surface area contributed by atoms with Crippen LogP contribution in [0, 0.1) is 5.92 Å². The monoisotopic (exact) mass is 216 g/mol. The molecule has 0 aromatic rings. The van der Waals surface area contributed by atoms with Gasteiger partial charge in [-0.1, -0.05) is 27.2 Å². The summed E-state index contributed by atoms with van der Waals surface area (Å²) in [6.45, 7) is 7.06. The number of carbonyl (C=O) groups is 1. The van der Waals surface area contributed by atoms with Gasteiger partial charge in [-0.2, -0.15) is 0 Å². The average molecular weight is 216 g/mol. The van der Waals surface area contributed by atoms with Gasteiger partial charge in [-0.25, -0.2) is 0 Å². The summed E-state index contributed by atoms with van der Waals surface area (Å²) in [6, 6.07) is -0.437. The van der Waals surface area contributed by atoms with Gasteiger partial charge in [0.1, 0.15) is 0 Å². The third kappa shape index (κ3) is 4.62. The first-order chi connectivity index (χ1) is 7.08. The fourth-order valence-electron chi connectivity index (χ4n) is 1.43. The quantitative estimate of drug-likeness (QED) is 0.654. The van der Waals surface area contributed by atoms with Crippen molar-refractivity contribution < 1.29 is 9.90 Å². The molecule has 2 atom stereocenters. The van der Waals surface area contributed by atoms with Crippen molar-refractivity contribution in [2.45, 2.75) is 39.7 Å². The lowest BCUT2D eigenvalue weighted by atomic mass is 9.99. The van der Waals surface area contributed by atoms with Crippen molar-refractivity contribution in [1.82, 2.24) is 4.90 Å². The zero-order valence-corrected chi connectivity index (χ0v) is 10.1. The summed E-state index contributed by atoms with van der Waals surface area (Å²) in [5, 5.41) is 8.86. The van der Waals surface area contributed by atoms with Gasteiger partial charge in [-0.15, -0.1) is 0 Å². The van der Waals surface area contributed by atoms with E-state index in [0.29, 0.717) is 13.1 Å². The SMILES string of the molecule is CCCN(CCO)C(=O)C(N)C(C)CC. The third-order valence-electron chi connectivity index (χ3n) is 2.72. The summed E-state index contributed by atoms with van der Waals surface area (Å²) < 4.78 is 0. The van der Waals surface area contributed by atoms with Crippen molar-refractivity contribution in [3.8, 4) is 0 Å². The maximum Gasteiger partial charge on any atom is 0.239 e. The molecule has 4 heteroatoms. The molecule has 90 valence electrons. The molecule has 0 radical (unpaired) electrons. The highest BCUT2D eigenvalue weighted by atomic mass is 16.3. The van der Waals surface area contributed by atoms with Crippen LogP contribution >= 0.6 is 0 Å². The van der Waals surface area contributed by atoms with Crippen LogP contribution in [-0.4, -0.2) is 41.7 Å². The van der Waals surface area contributed by atoms with Crippen molar-refractivity contribution in [2.75, 3.05) is 19.7 Å². The fourth-order valence-corrected chi connectivity index (χ4v) is 1.43. The zero-order chi connectivity index (χ0) is 11.8. The van der Waals surface area contributed by atoms with Crippen molar-refractivity contribution in [3.63, 3.8) is 0 Å². The van der Waals surface area contributed by atoms with Gasteiger partial charge >= 0.3 is 0 Å². The minimum atomic E-state index is -0.437. The molecule has 2 unspecified atom stereocenters. The van der Waals surface area contributed by atoms with Gasteiger partial charge in [0.05, 0.1) is 12.6 Å². The fraction of sp³-hybridized carbons (Fsp3) is 0.909. The summed E-state index contributed by atoms with van der Waals surface area (Å²) >= 11 is 0. The Balaban J connectivity index is 4.33. The van der Waals surface area contributed by atoms with E-state index in [1.807, 2.05) is 20.8 Å². The smallest absolute Gasteiger partial charge is 0.239 e. The van der Waals surface area contributed by atoms with Gasteiger partial charge in [0.2, 0.25) is 5.91 Å². The van der Waals surface area contributed by atoms with E-state index in [4.69, 9.17) is 10.8 Å².